The molecule has 0 saturated carbocycles. The maximum atomic E-state index is 14.1. The van der Waals surface area contributed by atoms with E-state index in [1.54, 1.807) is 6.07 Å². The van der Waals surface area contributed by atoms with Crippen LogP contribution in [-0.4, -0.2) is 29.6 Å². The van der Waals surface area contributed by atoms with Gasteiger partial charge in [0.05, 0.1) is 24.1 Å². The molecular weight excluding hydrogens is 481 g/mol. The SMILES string of the molecule is NC(=O)c1c(Nc2ccc(I)cc2F)cc(F)cc1OCC[C@@H](O)CCl. The molecule has 0 fully saturated rings. The van der Waals surface area contributed by atoms with Gasteiger partial charge in [-0.2, -0.15) is 0 Å². The summed E-state index contributed by atoms with van der Waals surface area (Å²) < 4.78 is 34.1. The quantitative estimate of drug-likeness (QED) is 0.384. The highest BCUT2D eigenvalue weighted by atomic mass is 127. The van der Waals surface area contributed by atoms with E-state index in [2.05, 4.69) is 5.32 Å². The number of ether oxygens (including phenoxy) is 1. The number of hydrogen-bond donors (Lipinski definition) is 3. The van der Waals surface area contributed by atoms with Gasteiger partial charge in [0.2, 0.25) is 0 Å². The van der Waals surface area contributed by atoms with E-state index in [1.165, 1.54) is 12.1 Å². The van der Waals surface area contributed by atoms with Gasteiger partial charge in [-0.05, 0) is 46.9 Å². The van der Waals surface area contributed by atoms with E-state index in [-0.39, 0.29) is 41.6 Å². The third-order valence-electron chi connectivity index (χ3n) is 3.40. The van der Waals surface area contributed by atoms with E-state index in [0.29, 0.717) is 3.57 Å². The van der Waals surface area contributed by atoms with Gasteiger partial charge >= 0.3 is 0 Å². The standard InChI is InChI=1S/C17H16ClF2IN2O3/c18-8-11(24)3-4-26-15-6-9(19)5-14(16(15)17(22)25)23-13-2-1-10(21)7-12(13)20/h1-2,5-7,11,23-24H,3-4,8H2,(H2,22,25)/t11-/m1/s1. The smallest absolute Gasteiger partial charge is 0.254 e. The van der Waals surface area contributed by atoms with Crippen LogP contribution in [0.5, 0.6) is 5.75 Å². The van der Waals surface area contributed by atoms with Crippen LogP contribution in [-0.2, 0) is 0 Å². The molecule has 1 atom stereocenters. The van der Waals surface area contributed by atoms with E-state index >= 15 is 0 Å². The Balaban J connectivity index is 2.34. The molecule has 2 rings (SSSR count). The molecule has 140 valence electrons. The maximum Gasteiger partial charge on any atom is 0.254 e. The predicted molar refractivity (Wildman–Crippen MR) is 104 cm³/mol. The van der Waals surface area contributed by atoms with E-state index in [4.69, 9.17) is 22.1 Å². The summed E-state index contributed by atoms with van der Waals surface area (Å²) in [5.74, 6) is -2.21. The number of rotatable bonds is 8. The Morgan fingerprint density at radius 1 is 1.31 bits per heavy atom. The van der Waals surface area contributed by atoms with Crippen molar-refractivity contribution in [3.05, 3.63) is 51.1 Å². The topological polar surface area (TPSA) is 84.6 Å². The van der Waals surface area contributed by atoms with E-state index in [0.717, 1.165) is 12.1 Å². The Hall–Kier alpha value is -1.65. The zero-order chi connectivity index (χ0) is 19.3. The number of aliphatic hydroxyl groups is 1. The van der Waals surface area contributed by atoms with Gasteiger partial charge in [0.25, 0.3) is 5.91 Å². The molecule has 2 aromatic rings. The van der Waals surface area contributed by atoms with Gasteiger partial charge in [-0.15, -0.1) is 11.6 Å². The molecule has 0 bridgehead atoms. The highest BCUT2D eigenvalue weighted by Crippen LogP contribution is 2.31. The van der Waals surface area contributed by atoms with Crippen molar-refractivity contribution in [2.75, 3.05) is 17.8 Å². The number of primary amides is 1. The van der Waals surface area contributed by atoms with Gasteiger partial charge in [0, 0.05) is 21.9 Å². The molecule has 0 aromatic heterocycles. The van der Waals surface area contributed by atoms with Gasteiger partial charge in [-0.1, -0.05) is 0 Å². The number of aliphatic hydroxyl groups excluding tert-OH is 1. The fraction of sp³-hybridized carbons (Fsp3) is 0.235. The lowest BCUT2D eigenvalue weighted by Crippen LogP contribution is -2.18. The van der Waals surface area contributed by atoms with Crippen molar-refractivity contribution in [1.82, 2.24) is 0 Å². The minimum atomic E-state index is -0.869. The Kier molecular flexibility index (Phi) is 7.42. The van der Waals surface area contributed by atoms with Gasteiger partial charge in [-0.3, -0.25) is 4.79 Å². The lowest BCUT2D eigenvalue weighted by molar-refractivity contribution is 0.0996. The summed E-state index contributed by atoms with van der Waals surface area (Å²) >= 11 is 7.45. The second-order valence-corrected chi connectivity index (χ2v) is 6.94. The Morgan fingerprint density at radius 3 is 2.65 bits per heavy atom. The van der Waals surface area contributed by atoms with Crippen LogP contribution < -0.4 is 15.8 Å². The number of carbonyl (C=O) groups is 1. The second kappa shape index (κ2) is 9.33. The second-order valence-electron chi connectivity index (χ2n) is 5.39. The number of nitrogens with two attached hydrogens (primary N) is 1. The maximum absolute atomic E-state index is 14.1. The number of anilines is 2. The van der Waals surface area contributed by atoms with Crippen molar-refractivity contribution >= 4 is 51.5 Å². The zero-order valence-corrected chi connectivity index (χ0v) is 16.4. The lowest BCUT2D eigenvalue weighted by Gasteiger charge is -2.16. The fourth-order valence-electron chi connectivity index (χ4n) is 2.17. The Labute approximate surface area is 167 Å². The van der Waals surface area contributed by atoms with Gasteiger partial charge in [0.1, 0.15) is 22.9 Å². The average molecular weight is 497 g/mol. The number of carbonyl (C=O) groups excluding carboxylic acids is 1. The monoisotopic (exact) mass is 496 g/mol. The van der Waals surface area contributed by atoms with E-state index in [1.807, 2.05) is 22.6 Å². The van der Waals surface area contributed by atoms with Crippen molar-refractivity contribution in [3.8, 4) is 5.75 Å². The number of nitrogens with one attached hydrogen (secondary N) is 1. The minimum absolute atomic E-state index is 0.00501. The van der Waals surface area contributed by atoms with Crippen molar-refractivity contribution in [3.63, 3.8) is 0 Å². The molecule has 0 saturated heterocycles. The number of halogens is 4. The molecule has 5 nitrogen and oxygen atoms in total. The average Bonchev–Trinajstić information content (AvgIpc) is 2.56. The molecule has 2 aromatic carbocycles. The van der Waals surface area contributed by atoms with E-state index in [9.17, 15) is 18.7 Å². The largest absolute Gasteiger partial charge is 0.492 e. The van der Waals surface area contributed by atoms with Crippen LogP contribution in [0.3, 0.4) is 0 Å². The van der Waals surface area contributed by atoms with Crippen LogP contribution in [0, 0.1) is 15.2 Å². The number of alkyl halides is 1. The van der Waals surface area contributed by atoms with Crippen molar-refractivity contribution in [1.29, 1.82) is 0 Å². The number of hydrogen-bond acceptors (Lipinski definition) is 4. The van der Waals surface area contributed by atoms with Crippen molar-refractivity contribution < 1.29 is 23.4 Å². The first-order chi connectivity index (χ1) is 12.3. The number of benzene rings is 2. The van der Waals surface area contributed by atoms with Crippen LogP contribution in [0.2, 0.25) is 0 Å². The van der Waals surface area contributed by atoms with Crippen LogP contribution in [0.25, 0.3) is 0 Å². The summed E-state index contributed by atoms with van der Waals surface area (Å²) in [5.41, 5.74) is 5.31. The summed E-state index contributed by atoms with van der Waals surface area (Å²) in [5, 5.41) is 12.1. The molecule has 0 aliphatic carbocycles. The first-order valence-electron chi connectivity index (χ1n) is 7.54. The third-order valence-corrected chi connectivity index (χ3v) is 4.43. The third kappa shape index (κ3) is 5.42. The molecule has 1 amide bonds. The normalized spacial score (nSPS) is 11.9. The van der Waals surface area contributed by atoms with Crippen LogP contribution in [0.15, 0.2) is 30.3 Å². The molecule has 0 unspecified atom stereocenters. The van der Waals surface area contributed by atoms with Crippen LogP contribution >= 0.6 is 34.2 Å². The lowest BCUT2D eigenvalue weighted by atomic mass is 10.1. The molecular formula is C17H16ClF2IN2O3. The minimum Gasteiger partial charge on any atom is -0.492 e. The summed E-state index contributed by atoms with van der Waals surface area (Å²) in [6.45, 7) is -0.00501. The molecule has 26 heavy (non-hydrogen) atoms. The molecule has 0 radical (unpaired) electrons. The molecule has 9 heteroatoms. The highest BCUT2D eigenvalue weighted by molar-refractivity contribution is 14.1. The summed E-state index contributed by atoms with van der Waals surface area (Å²) in [6.07, 6.45) is -0.604. The Morgan fingerprint density at radius 2 is 2.04 bits per heavy atom. The van der Waals surface area contributed by atoms with Gasteiger partial charge in [-0.25, -0.2) is 8.78 Å². The van der Waals surface area contributed by atoms with Gasteiger partial charge in [0.15, 0.2) is 0 Å². The highest BCUT2D eigenvalue weighted by Gasteiger charge is 2.19. The summed E-state index contributed by atoms with van der Waals surface area (Å²) in [7, 11) is 0. The molecule has 0 aliphatic rings. The van der Waals surface area contributed by atoms with E-state index < -0.39 is 23.6 Å². The van der Waals surface area contributed by atoms with Crippen molar-refractivity contribution in [2.24, 2.45) is 5.73 Å². The van der Waals surface area contributed by atoms with Crippen LogP contribution in [0.4, 0.5) is 20.2 Å². The molecule has 4 N–H and O–H groups in total. The van der Waals surface area contributed by atoms with Crippen LogP contribution in [0.1, 0.15) is 16.8 Å². The molecule has 0 heterocycles. The molecule has 0 spiro atoms. The molecule has 0 aliphatic heterocycles. The number of amides is 1. The predicted octanol–water partition coefficient (Wildman–Crippen LogP) is 3.78. The fourth-order valence-corrected chi connectivity index (χ4v) is 2.77. The van der Waals surface area contributed by atoms with Gasteiger partial charge < -0.3 is 20.9 Å². The first kappa shape index (κ1) is 20.7. The zero-order valence-electron chi connectivity index (χ0n) is 13.4. The Bertz CT molecular complexity index is 808. The van der Waals surface area contributed by atoms with Crippen molar-refractivity contribution in [2.45, 2.75) is 12.5 Å². The first-order valence-corrected chi connectivity index (χ1v) is 9.15. The summed E-state index contributed by atoms with van der Waals surface area (Å²) in [4.78, 5) is 11.9. The summed E-state index contributed by atoms with van der Waals surface area (Å²) in [6, 6.07) is 6.43.